The Balaban J connectivity index is 2.38. The van der Waals surface area contributed by atoms with Crippen LogP contribution in [0, 0.1) is 0 Å². The monoisotopic (exact) mass is 226 g/mol. The molecule has 2 amide bonds. The maximum Gasteiger partial charge on any atom is 0.317 e. The minimum atomic E-state index is -0.901. The zero-order valence-corrected chi connectivity index (χ0v) is 9.69. The molecule has 1 unspecified atom stereocenters. The highest BCUT2D eigenvalue weighted by Crippen LogP contribution is 2.09. The van der Waals surface area contributed by atoms with Gasteiger partial charge < -0.3 is 15.3 Å². The first-order chi connectivity index (χ1) is 7.49. The molecule has 0 radical (unpaired) electrons. The Morgan fingerprint density at radius 1 is 1.62 bits per heavy atom. The third-order valence-electron chi connectivity index (χ3n) is 2.57. The quantitative estimate of drug-likeness (QED) is 0.711. The first-order valence-electron chi connectivity index (χ1n) is 5.42. The van der Waals surface area contributed by atoms with Gasteiger partial charge in [0.05, 0.1) is 6.42 Å². The number of amides is 2. The molecule has 0 aromatic rings. The Kier molecular flexibility index (Phi) is 4.34. The summed E-state index contributed by atoms with van der Waals surface area (Å²) >= 11 is 0. The summed E-state index contributed by atoms with van der Waals surface area (Å²) < 4.78 is 0. The lowest BCUT2D eigenvalue weighted by atomic mass is 10.1. The lowest BCUT2D eigenvalue weighted by Crippen LogP contribution is -2.45. The lowest BCUT2D eigenvalue weighted by Gasteiger charge is -2.27. The number of carboxylic acid groups (broad SMARTS) is 1. The van der Waals surface area contributed by atoms with Crippen molar-refractivity contribution in [2.24, 2.45) is 0 Å². The summed E-state index contributed by atoms with van der Waals surface area (Å²) in [6.07, 6.45) is 2.86. The number of nitrogens with one attached hydrogen (secondary N) is 1. The number of hydrogen-bond acceptors (Lipinski definition) is 2. The first kappa shape index (κ1) is 12.5. The number of hydrogen-bond donors (Lipinski definition) is 2. The number of aliphatic carboxylic acids is 1. The van der Waals surface area contributed by atoms with E-state index in [0.717, 1.165) is 6.42 Å². The number of carboxylic acids is 1. The molecule has 0 fully saturated rings. The average Bonchev–Trinajstić information content (AvgIpc) is 2.16. The van der Waals surface area contributed by atoms with Gasteiger partial charge in [-0.05, 0) is 20.3 Å². The van der Waals surface area contributed by atoms with E-state index in [-0.39, 0.29) is 18.5 Å². The second-order valence-electron chi connectivity index (χ2n) is 4.19. The van der Waals surface area contributed by atoms with Gasteiger partial charge in [-0.25, -0.2) is 4.79 Å². The van der Waals surface area contributed by atoms with Gasteiger partial charge in [0.25, 0.3) is 0 Å². The van der Waals surface area contributed by atoms with Crippen molar-refractivity contribution < 1.29 is 14.7 Å². The van der Waals surface area contributed by atoms with Gasteiger partial charge in [-0.3, -0.25) is 4.79 Å². The molecule has 5 heteroatoms. The Labute approximate surface area is 95.1 Å². The van der Waals surface area contributed by atoms with Crippen molar-refractivity contribution in [2.75, 3.05) is 13.1 Å². The van der Waals surface area contributed by atoms with E-state index in [4.69, 9.17) is 5.11 Å². The van der Waals surface area contributed by atoms with E-state index in [2.05, 4.69) is 5.32 Å². The number of rotatable bonds is 3. The first-order valence-corrected chi connectivity index (χ1v) is 5.42. The topological polar surface area (TPSA) is 69.6 Å². The molecule has 16 heavy (non-hydrogen) atoms. The van der Waals surface area contributed by atoms with Crippen molar-refractivity contribution in [3.05, 3.63) is 11.6 Å². The molecule has 2 N–H and O–H groups in total. The molecule has 0 bridgehead atoms. The summed E-state index contributed by atoms with van der Waals surface area (Å²) in [5.41, 5.74) is 1.29. The average molecular weight is 226 g/mol. The molecule has 1 aliphatic rings. The van der Waals surface area contributed by atoms with Crippen molar-refractivity contribution in [1.29, 1.82) is 0 Å². The second kappa shape index (κ2) is 5.53. The number of carbonyl (C=O) groups excluding carboxylic acids is 1. The van der Waals surface area contributed by atoms with Crippen LogP contribution in [0.5, 0.6) is 0 Å². The van der Waals surface area contributed by atoms with Crippen LogP contribution in [0.1, 0.15) is 26.7 Å². The Bertz CT molecular complexity index is 312. The van der Waals surface area contributed by atoms with Gasteiger partial charge in [0.15, 0.2) is 0 Å². The van der Waals surface area contributed by atoms with Crippen LogP contribution < -0.4 is 5.32 Å². The minimum absolute atomic E-state index is 0.0472. The molecule has 0 saturated carbocycles. The fraction of sp³-hybridized carbons (Fsp3) is 0.636. The van der Waals surface area contributed by atoms with Crippen LogP contribution >= 0.6 is 0 Å². The Morgan fingerprint density at radius 3 is 2.81 bits per heavy atom. The van der Waals surface area contributed by atoms with Crippen LogP contribution in [0.4, 0.5) is 4.79 Å². The smallest absolute Gasteiger partial charge is 0.317 e. The molecule has 1 atom stereocenters. The van der Waals surface area contributed by atoms with E-state index in [0.29, 0.717) is 13.1 Å². The molecule has 1 heterocycles. The van der Waals surface area contributed by atoms with Crippen molar-refractivity contribution in [1.82, 2.24) is 10.2 Å². The van der Waals surface area contributed by atoms with Gasteiger partial charge in [-0.1, -0.05) is 11.6 Å². The number of carbonyl (C=O) groups is 2. The molecular weight excluding hydrogens is 208 g/mol. The Hall–Kier alpha value is -1.52. The highest BCUT2D eigenvalue weighted by molar-refractivity contribution is 5.76. The van der Waals surface area contributed by atoms with E-state index in [1.54, 1.807) is 11.8 Å². The lowest BCUT2D eigenvalue weighted by molar-refractivity contribution is -0.137. The summed E-state index contributed by atoms with van der Waals surface area (Å²) in [7, 11) is 0. The number of urea groups is 1. The van der Waals surface area contributed by atoms with Gasteiger partial charge in [-0.15, -0.1) is 0 Å². The van der Waals surface area contributed by atoms with Gasteiger partial charge >= 0.3 is 12.0 Å². The SMILES string of the molecule is CC1=CCN(C(=O)NC(C)CC(=O)O)CC1. The van der Waals surface area contributed by atoms with Gasteiger partial charge in [-0.2, -0.15) is 0 Å². The Morgan fingerprint density at radius 2 is 2.31 bits per heavy atom. The highest BCUT2D eigenvalue weighted by Gasteiger charge is 2.18. The minimum Gasteiger partial charge on any atom is -0.481 e. The van der Waals surface area contributed by atoms with Crippen molar-refractivity contribution in [3.63, 3.8) is 0 Å². The standard InChI is InChI=1S/C11H18N2O3/c1-8-3-5-13(6-4-8)11(16)12-9(2)7-10(14)15/h3,9H,4-7H2,1-2H3,(H,12,16)(H,14,15). The summed E-state index contributed by atoms with van der Waals surface area (Å²) in [5, 5.41) is 11.2. The molecular formula is C11H18N2O3. The zero-order chi connectivity index (χ0) is 12.1. The van der Waals surface area contributed by atoms with E-state index in [9.17, 15) is 9.59 Å². The largest absolute Gasteiger partial charge is 0.481 e. The summed E-state index contributed by atoms with van der Waals surface area (Å²) in [6.45, 7) is 5.05. The van der Waals surface area contributed by atoms with Crippen molar-refractivity contribution in [3.8, 4) is 0 Å². The molecule has 90 valence electrons. The molecule has 0 aliphatic carbocycles. The molecule has 0 aromatic carbocycles. The molecule has 1 rings (SSSR count). The van der Waals surface area contributed by atoms with Crippen LogP contribution in [0.25, 0.3) is 0 Å². The van der Waals surface area contributed by atoms with Gasteiger partial charge in [0.2, 0.25) is 0 Å². The van der Waals surface area contributed by atoms with Crippen LogP contribution in [0.15, 0.2) is 11.6 Å². The summed E-state index contributed by atoms with van der Waals surface area (Å²) in [4.78, 5) is 23.8. The van der Waals surface area contributed by atoms with E-state index >= 15 is 0 Å². The normalized spacial score (nSPS) is 17.6. The molecule has 0 spiro atoms. The highest BCUT2D eigenvalue weighted by atomic mass is 16.4. The van der Waals surface area contributed by atoms with Gasteiger partial charge in [0, 0.05) is 19.1 Å². The molecule has 0 aromatic heterocycles. The van der Waals surface area contributed by atoms with Gasteiger partial charge in [0.1, 0.15) is 0 Å². The van der Waals surface area contributed by atoms with Crippen LogP contribution in [-0.2, 0) is 4.79 Å². The third kappa shape index (κ3) is 3.92. The molecule has 0 saturated heterocycles. The van der Waals surface area contributed by atoms with E-state index in [1.807, 2.05) is 13.0 Å². The third-order valence-corrected chi connectivity index (χ3v) is 2.57. The fourth-order valence-electron chi connectivity index (χ4n) is 1.57. The van der Waals surface area contributed by atoms with E-state index < -0.39 is 5.97 Å². The summed E-state index contributed by atoms with van der Waals surface area (Å²) in [6, 6.07) is -0.519. The maximum atomic E-state index is 11.7. The number of nitrogens with zero attached hydrogens (tertiary/aromatic N) is 1. The van der Waals surface area contributed by atoms with Crippen LogP contribution in [0.3, 0.4) is 0 Å². The maximum absolute atomic E-state index is 11.7. The van der Waals surface area contributed by atoms with Crippen molar-refractivity contribution in [2.45, 2.75) is 32.7 Å². The van der Waals surface area contributed by atoms with Crippen molar-refractivity contribution >= 4 is 12.0 Å². The van der Waals surface area contributed by atoms with Crippen LogP contribution in [0.2, 0.25) is 0 Å². The molecule has 1 aliphatic heterocycles. The van der Waals surface area contributed by atoms with Crippen LogP contribution in [-0.4, -0.2) is 41.1 Å². The second-order valence-corrected chi connectivity index (χ2v) is 4.19. The summed E-state index contributed by atoms with van der Waals surface area (Å²) in [5.74, 6) is -0.901. The van der Waals surface area contributed by atoms with E-state index in [1.165, 1.54) is 5.57 Å². The fourth-order valence-corrected chi connectivity index (χ4v) is 1.57. The predicted molar refractivity (Wildman–Crippen MR) is 60.2 cm³/mol. The predicted octanol–water partition coefficient (Wildman–Crippen LogP) is 1.21. The molecule has 5 nitrogen and oxygen atoms in total. The zero-order valence-electron chi connectivity index (χ0n) is 9.69.